The third kappa shape index (κ3) is 3.66. The second kappa shape index (κ2) is 8.33. The number of rotatable bonds is 5. The lowest BCUT2D eigenvalue weighted by Gasteiger charge is -2.33. The number of piperazine rings is 1. The van der Waals surface area contributed by atoms with E-state index in [1.807, 2.05) is 30.8 Å². The summed E-state index contributed by atoms with van der Waals surface area (Å²) < 4.78 is 32.0. The molecule has 34 heavy (non-hydrogen) atoms. The maximum absolute atomic E-state index is 13.3. The van der Waals surface area contributed by atoms with Crippen LogP contribution in [0.3, 0.4) is 0 Å². The Hall–Kier alpha value is -3.58. The smallest absolute Gasteiger partial charge is 0.259 e. The predicted octanol–water partition coefficient (Wildman–Crippen LogP) is 0.801. The second-order valence-electron chi connectivity index (χ2n) is 8.15. The fourth-order valence-electron chi connectivity index (χ4n) is 4.16. The van der Waals surface area contributed by atoms with E-state index in [0.29, 0.717) is 11.2 Å². The molecule has 0 radical (unpaired) electrons. The highest BCUT2D eigenvalue weighted by atomic mass is 32.2. The van der Waals surface area contributed by atoms with Crippen LogP contribution in [0.15, 0.2) is 41.9 Å². The highest BCUT2D eigenvalue weighted by Crippen LogP contribution is 2.25. The van der Waals surface area contributed by atoms with Crippen LogP contribution in [0.5, 0.6) is 0 Å². The van der Waals surface area contributed by atoms with Gasteiger partial charge in [-0.05, 0) is 19.9 Å². The van der Waals surface area contributed by atoms with Gasteiger partial charge in [-0.15, -0.1) is 0 Å². The van der Waals surface area contributed by atoms with Crippen molar-refractivity contribution in [2.45, 2.75) is 25.3 Å². The van der Waals surface area contributed by atoms with Gasteiger partial charge in [0.1, 0.15) is 10.5 Å². The minimum atomic E-state index is -3.64. The molecule has 12 nitrogen and oxygen atoms in total. The number of sulfonamides is 1. The lowest BCUT2D eigenvalue weighted by atomic mass is 10.2. The van der Waals surface area contributed by atoms with E-state index in [2.05, 4.69) is 20.3 Å². The molecule has 1 saturated heterocycles. The number of nitrogens with zero attached hydrogens (tertiary/aromatic N) is 9. The summed E-state index contributed by atoms with van der Waals surface area (Å²) in [7, 11) is -1.97. The largest absolute Gasteiger partial charge is 0.336 e. The predicted molar refractivity (Wildman–Crippen MR) is 122 cm³/mol. The van der Waals surface area contributed by atoms with Gasteiger partial charge in [-0.25, -0.2) is 17.9 Å². The number of hydrogen-bond acceptors (Lipinski definition) is 7. The van der Waals surface area contributed by atoms with Gasteiger partial charge in [0.05, 0.1) is 23.8 Å². The van der Waals surface area contributed by atoms with Crippen molar-refractivity contribution in [3.8, 4) is 11.3 Å². The summed E-state index contributed by atoms with van der Waals surface area (Å²) >= 11 is 0. The Labute approximate surface area is 196 Å². The molecule has 1 amide bonds. The Balaban J connectivity index is 1.37. The Kier molecular flexibility index (Phi) is 5.44. The fourth-order valence-corrected chi connectivity index (χ4v) is 5.57. The summed E-state index contributed by atoms with van der Waals surface area (Å²) in [5.41, 5.74) is 3.42. The third-order valence-electron chi connectivity index (χ3n) is 6.02. The van der Waals surface area contributed by atoms with Crippen LogP contribution in [0.25, 0.3) is 16.9 Å². The van der Waals surface area contributed by atoms with E-state index in [1.165, 1.54) is 27.6 Å². The van der Waals surface area contributed by atoms with Gasteiger partial charge in [-0.1, -0.05) is 0 Å². The lowest BCUT2D eigenvalue weighted by molar-refractivity contribution is 0.0699. The molecule has 0 bridgehead atoms. The zero-order valence-corrected chi connectivity index (χ0v) is 20.0. The maximum atomic E-state index is 13.3. The van der Waals surface area contributed by atoms with Crippen molar-refractivity contribution in [2.24, 2.45) is 7.05 Å². The molecule has 1 aliphatic rings. The van der Waals surface area contributed by atoms with E-state index in [4.69, 9.17) is 0 Å². The molecule has 0 saturated carbocycles. The molecule has 0 spiro atoms. The summed E-state index contributed by atoms with van der Waals surface area (Å²) in [6.45, 7) is 5.66. The molecule has 4 aromatic rings. The Morgan fingerprint density at radius 2 is 1.85 bits per heavy atom. The van der Waals surface area contributed by atoms with Crippen molar-refractivity contribution < 1.29 is 13.2 Å². The molecule has 178 valence electrons. The minimum absolute atomic E-state index is 0.149. The number of carbonyl (C=O) groups is 1. The molecule has 0 unspecified atom stereocenters. The van der Waals surface area contributed by atoms with Gasteiger partial charge >= 0.3 is 0 Å². The van der Waals surface area contributed by atoms with Crippen LogP contribution in [0.4, 0.5) is 0 Å². The van der Waals surface area contributed by atoms with Gasteiger partial charge in [0.2, 0.25) is 10.0 Å². The van der Waals surface area contributed by atoms with E-state index in [0.717, 1.165) is 23.5 Å². The zero-order valence-electron chi connectivity index (χ0n) is 19.2. The quantitative estimate of drug-likeness (QED) is 0.411. The first-order valence-corrected chi connectivity index (χ1v) is 12.4. The van der Waals surface area contributed by atoms with Crippen LogP contribution >= 0.6 is 0 Å². The molecular weight excluding hydrogens is 458 g/mol. The first-order chi connectivity index (χ1) is 16.3. The summed E-state index contributed by atoms with van der Waals surface area (Å²) in [5.74, 6) is -0.223. The van der Waals surface area contributed by atoms with Crippen molar-refractivity contribution in [1.29, 1.82) is 0 Å². The highest BCUT2D eigenvalue weighted by Gasteiger charge is 2.32. The number of hydrogen-bond donors (Lipinski definition) is 0. The van der Waals surface area contributed by atoms with Crippen LogP contribution in [-0.4, -0.2) is 83.9 Å². The maximum Gasteiger partial charge on any atom is 0.259 e. The number of fused-ring (bicyclic) bond motifs is 1. The number of aryl methyl sites for hydroxylation is 3. The summed E-state index contributed by atoms with van der Waals surface area (Å²) in [6, 6.07) is 1.85. The number of carbonyl (C=O) groups excluding carboxylic acids is 1. The van der Waals surface area contributed by atoms with Gasteiger partial charge in [0.15, 0.2) is 5.65 Å². The van der Waals surface area contributed by atoms with Crippen molar-refractivity contribution in [2.75, 3.05) is 26.2 Å². The molecule has 0 N–H and O–H groups in total. The topological polar surface area (TPSA) is 124 Å². The summed E-state index contributed by atoms with van der Waals surface area (Å²) in [6.07, 6.45) is 7.94. The fraction of sp³-hybridized carbons (Fsp3) is 0.381. The SMILES string of the molecule is CCn1cc(-c2ccnc3c(C(=O)N4CCN(S(=O)(=O)c5cnn(C)c5)CC4)cnn23)c(C)n1. The normalized spacial score (nSPS) is 15.3. The van der Waals surface area contributed by atoms with Crippen molar-refractivity contribution in [3.63, 3.8) is 0 Å². The summed E-state index contributed by atoms with van der Waals surface area (Å²) in [5, 5.41) is 12.9. The number of aromatic nitrogens is 7. The van der Waals surface area contributed by atoms with Crippen molar-refractivity contribution >= 4 is 21.6 Å². The molecular formula is C21H25N9O3S. The molecule has 1 aliphatic heterocycles. The standard InChI is InChI=1S/C21H25N9O3S/c1-4-28-14-18(15(2)25-28)19-5-6-22-20-17(12-24-30(19)20)21(31)27-7-9-29(10-8-27)34(32,33)16-11-23-26(3)13-16/h5-6,11-14H,4,7-10H2,1-3H3. The van der Waals surface area contributed by atoms with E-state index in [9.17, 15) is 13.2 Å². The summed E-state index contributed by atoms with van der Waals surface area (Å²) in [4.78, 5) is 19.5. The van der Waals surface area contributed by atoms with E-state index < -0.39 is 10.0 Å². The monoisotopic (exact) mass is 483 g/mol. The zero-order chi connectivity index (χ0) is 24.0. The minimum Gasteiger partial charge on any atom is -0.336 e. The molecule has 13 heteroatoms. The second-order valence-corrected chi connectivity index (χ2v) is 10.1. The lowest BCUT2D eigenvalue weighted by Crippen LogP contribution is -2.50. The first-order valence-electron chi connectivity index (χ1n) is 10.9. The van der Waals surface area contributed by atoms with Crippen LogP contribution in [0.2, 0.25) is 0 Å². The highest BCUT2D eigenvalue weighted by molar-refractivity contribution is 7.89. The average molecular weight is 484 g/mol. The Bertz CT molecular complexity index is 1480. The van der Waals surface area contributed by atoms with E-state index in [1.54, 1.807) is 22.7 Å². The van der Waals surface area contributed by atoms with Gasteiger partial charge in [0.25, 0.3) is 5.91 Å². The molecule has 4 aromatic heterocycles. The van der Waals surface area contributed by atoms with Crippen molar-refractivity contribution in [3.05, 3.63) is 48.3 Å². The Morgan fingerprint density at radius 3 is 2.50 bits per heavy atom. The van der Waals surface area contributed by atoms with Crippen LogP contribution in [0, 0.1) is 6.92 Å². The third-order valence-corrected chi connectivity index (χ3v) is 7.87. The van der Waals surface area contributed by atoms with Gasteiger partial charge in [-0.3, -0.25) is 14.2 Å². The van der Waals surface area contributed by atoms with Gasteiger partial charge in [-0.2, -0.15) is 19.6 Å². The van der Waals surface area contributed by atoms with Crippen LogP contribution in [0.1, 0.15) is 23.0 Å². The van der Waals surface area contributed by atoms with Gasteiger partial charge < -0.3 is 4.90 Å². The molecule has 5 heterocycles. The van der Waals surface area contributed by atoms with Crippen LogP contribution in [-0.2, 0) is 23.6 Å². The van der Waals surface area contributed by atoms with E-state index >= 15 is 0 Å². The first kappa shape index (κ1) is 22.2. The molecule has 0 aliphatic carbocycles. The molecule has 1 fully saturated rings. The Morgan fingerprint density at radius 1 is 1.09 bits per heavy atom. The molecule has 0 atom stereocenters. The molecule has 5 rings (SSSR count). The van der Waals surface area contributed by atoms with Crippen molar-refractivity contribution in [1.82, 2.24) is 43.4 Å². The average Bonchev–Trinajstić information content (AvgIpc) is 3.56. The van der Waals surface area contributed by atoms with Crippen LogP contribution < -0.4 is 0 Å². The number of amides is 1. The molecule has 0 aromatic carbocycles. The van der Waals surface area contributed by atoms with E-state index in [-0.39, 0.29) is 37.0 Å². The van der Waals surface area contributed by atoms with Gasteiger partial charge in [0, 0.05) is 63.9 Å².